The molecule has 0 aromatic carbocycles. The van der Waals surface area contributed by atoms with Crippen LogP contribution in [-0.2, 0) is 9.13 Å². The summed E-state index contributed by atoms with van der Waals surface area (Å²) in [6, 6.07) is 0. The predicted octanol–water partition coefficient (Wildman–Crippen LogP) is -6.65. The van der Waals surface area contributed by atoms with Crippen molar-refractivity contribution < 1.29 is 87.8 Å². The minimum absolute atomic E-state index is 0. The van der Waals surface area contributed by atoms with Crippen molar-refractivity contribution in [2.75, 3.05) is 12.3 Å². The van der Waals surface area contributed by atoms with Gasteiger partial charge in [-0.25, -0.2) is 0 Å². The normalized spacial score (nSPS) is 11.3. The van der Waals surface area contributed by atoms with Gasteiger partial charge in [0.1, 0.15) is 0 Å². The van der Waals surface area contributed by atoms with E-state index in [2.05, 4.69) is 0 Å². The third-order valence-corrected chi connectivity index (χ3v) is 2.65. The molecule has 4 N–H and O–H groups in total. The van der Waals surface area contributed by atoms with E-state index in [9.17, 15) is 9.13 Å². The fourth-order valence-electron chi connectivity index (χ4n) is 0.261. The van der Waals surface area contributed by atoms with Gasteiger partial charge >= 0.3 is 74.3 Å². The zero-order valence-electron chi connectivity index (χ0n) is 6.91. The van der Waals surface area contributed by atoms with Crippen LogP contribution in [0.4, 0.5) is 0 Å². The van der Waals surface area contributed by atoms with Crippen molar-refractivity contribution in [3.05, 3.63) is 0 Å². The molecule has 0 aromatic heterocycles. The standard InChI is InChI=1S/C2H8O6P2.2Na/c3-9(4,5)1-2-10(6,7)8;;/h1-2H2,(H2,3,4,5)(H2,6,7,8);;/q;2*+1. The molecule has 0 atom stereocenters. The Hall–Kier alpha value is 2.30. The molecular weight excluding hydrogens is 228 g/mol. The molecule has 6 nitrogen and oxygen atoms in total. The van der Waals surface area contributed by atoms with Gasteiger partial charge in [0.25, 0.3) is 0 Å². The molecule has 0 aromatic rings. The van der Waals surface area contributed by atoms with E-state index in [4.69, 9.17) is 19.6 Å². The smallest absolute Gasteiger partial charge is 0.324 e. The molecule has 0 unspecified atom stereocenters. The van der Waals surface area contributed by atoms with Gasteiger partial charge in [-0.15, -0.1) is 0 Å². The quantitative estimate of drug-likeness (QED) is 0.286. The van der Waals surface area contributed by atoms with E-state index in [1.54, 1.807) is 0 Å². The third kappa shape index (κ3) is 18.2. The monoisotopic (exact) mass is 236 g/mol. The van der Waals surface area contributed by atoms with E-state index in [-0.39, 0.29) is 59.1 Å². The largest absolute Gasteiger partial charge is 1.00 e. The summed E-state index contributed by atoms with van der Waals surface area (Å²) in [6.07, 6.45) is -1.53. The Kier molecular flexibility index (Phi) is 12.5. The van der Waals surface area contributed by atoms with Crippen LogP contribution in [0, 0.1) is 0 Å². The number of hydrogen-bond acceptors (Lipinski definition) is 2. The maximum Gasteiger partial charge on any atom is 1.00 e. The Morgan fingerprint density at radius 3 is 1.00 bits per heavy atom. The van der Waals surface area contributed by atoms with E-state index >= 15 is 0 Å². The van der Waals surface area contributed by atoms with Crippen molar-refractivity contribution in [3.63, 3.8) is 0 Å². The molecule has 12 heavy (non-hydrogen) atoms. The van der Waals surface area contributed by atoms with Crippen molar-refractivity contribution in [1.82, 2.24) is 0 Å². The molecule has 62 valence electrons. The molecular formula is C2H8Na2O6P2+2. The molecule has 0 aliphatic carbocycles. The van der Waals surface area contributed by atoms with Gasteiger partial charge in [-0.1, -0.05) is 0 Å². The Morgan fingerprint density at radius 1 is 0.750 bits per heavy atom. The van der Waals surface area contributed by atoms with Crippen LogP contribution in [0.15, 0.2) is 0 Å². The van der Waals surface area contributed by atoms with E-state index in [1.165, 1.54) is 0 Å². The molecule has 0 aliphatic heterocycles. The van der Waals surface area contributed by atoms with Crippen LogP contribution in [0.5, 0.6) is 0 Å². The van der Waals surface area contributed by atoms with Crippen LogP contribution in [0.2, 0.25) is 0 Å². The van der Waals surface area contributed by atoms with Crippen molar-refractivity contribution >= 4 is 15.2 Å². The van der Waals surface area contributed by atoms with Crippen molar-refractivity contribution in [2.45, 2.75) is 0 Å². The summed E-state index contributed by atoms with van der Waals surface area (Å²) >= 11 is 0. The Morgan fingerprint density at radius 2 is 0.917 bits per heavy atom. The summed E-state index contributed by atoms with van der Waals surface area (Å²) in [4.78, 5) is 32.6. The topological polar surface area (TPSA) is 115 Å². The first-order valence-corrected chi connectivity index (χ1v) is 5.89. The summed E-state index contributed by atoms with van der Waals surface area (Å²) in [6.45, 7) is 0. The van der Waals surface area contributed by atoms with Crippen LogP contribution < -0.4 is 59.1 Å². The maximum absolute atomic E-state index is 10.0. The third-order valence-electron chi connectivity index (χ3n) is 0.683. The fourth-order valence-corrected chi connectivity index (χ4v) is 2.34. The first-order valence-electron chi connectivity index (χ1n) is 2.30. The van der Waals surface area contributed by atoms with Crippen molar-refractivity contribution in [2.24, 2.45) is 0 Å². The van der Waals surface area contributed by atoms with Crippen LogP contribution in [0.1, 0.15) is 0 Å². The van der Waals surface area contributed by atoms with E-state index in [1.807, 2.05) is 0 Å². The minimum atomic E-state index is -4.25. The molecule has 0 aliphatic rings. The van der Waals surface area contributed by atoms with Gasteiger partial charge in [0.15, 0.2) is 0 Å². The molecule has 0 rings (SSSR count). The average Bonchev–Trinajstić information content (AvgIpc) is 1.57. The molecule has 10 heteroatoms. The van der Waals surface area contributed by atoms with Gasteiger partial charge in [0.2, 0.25) is 0 Å². The number of hydrogen-bond donors (Lipinski definition) is 4. The van der Waals surface area contributed by atoms with Crippen LogP contribution in [0.25, 0.3) is 0 Å². The Balaban J connectivity index is -0.000000405. The van der Waals surface area contributed by atoms with Crippen LogP contribution >= 0.6 is 15.2 Å². The van der Waals surface area contributed by atoms with Gasteiger partial charge in [-0.2, -0.15) is 0 Å². The molecule has 0 saturated carbocycles. The average molecular weight is 236 g/mol. The van der Waals surface area contributed by atoms with Crippen molar-refractivity contribution in [1.29, 1.82) is 0 Å². The first-order chi connectivity index (χ1) is 4.21. The zero-order valence-corrected chi connectivity index (χ0v) is 12.7. The van der Waals surface area contributed by atoms with E-state index < -0.39 is 27.5 Å². The maximum atomic E-state index is 10.0. The molecule has 0 fully saturated rings. The second-order valence-electron chi connectivity index (χ2n) is 1.78. The summed E-state index contributed by atoms with van der Waals surface area (Å²) in [5, 5.41) is 0. The molecule has 0 bridgehead atoms. The minimum Gasteiger partial charge on any atom is -0.324 e. The van der Waals surface area contributed by atoms with Crippen LogP contribution in [0.3, 0.4) is 0 Å². The molecule has 0 radical (unpaired) electrons. The summed E-state index contributed by atoms with van der Waals surface area (Å²) < 4.78 is 20.1. The number of rotatable bonds is 3. The summed E-state index contributed by atoms with van der Waals surface area (Å²) in [5.41, 5.74) is 0. The van der Waals surface area contributed by atoms with E-state index in [0.29, 0.717) is 0 Å². The van der Waals surface area contributed by atoms with Gasteiger partial charge in [0, 0.05) is 0 Å². The zero-order chi connectivity index (χ0) is 8.41. The molecule has 0 amide bonds. The second-order valence-corrected chi connectivity index (χ2v) is 5.33. The van der Waals surface area contributed by atoms with Crippen LogP contribution in [-0.4, -0.2) is 31.9 Å². The van der Waals surface area contributed by atoms with Gasteiger partial charge in [-0.05, 0) is 0 Å². The SMILES string of the molecule is O=P(O)(O)CCP(=O)(O)O.[Na+].[Na+]. The summed E-state index contributed by atoms with van der Waals surface area (Å²) in [7, 11) is -8.51. The fraction of sp³-hybridized carbons (Fsp3) is 1.00. The van der Waals surface area contributed by atoms with Gasteiger partial charge < -0.3 is 19.6 Å². The Labute approximate surface area is 114 Å². The Bertz CT molecular complexity index is 172. The second kappa shape index (κ2) is 7.57. The predicted molar refractivity (Wildman–Crippen MR) is 33.8 cm³/mol. The first kappa shape index (κ1) is 19.8. The molecule has 0 saturated heterocycles. The molecule has 0 heterocycles. The van der Waals surface area contributed by atoms with Gasteiger partial charge in [0.05, 0.1) is 12.3 Å². The van der Waals surface area contributed by atoms with E-state index in [0.717, 1.165) is 0 Å². The van der Waals surface area contributed by atoms with Gasteiger partial charge in [-0.3, -0.25) is 9.13 Å². The summed E-state index contributed by atoms with van der Waals surface area (Å²) in [5.74, 6) is 0. The molecule has 0 spiro atoms. The van der Waals surface area contributed by atoms with Crippen molar-refractivity contribution in [3.8, 4) is 0 Å².